The number of ether oxygens (including phenoxy) is 2. The van der Waals surface area contributed by atoms with Gasteiger partial charge in [-0.2, -0.15) is 0 Å². The van der Waals surface area contributed by atoms with E-state index in [4.69, 9.17) is 25.0 Å². The minimum absolute atomic E-state index is 0.150. The first-order chi connectivity index (χ1) is 6.72. The lowest BCUT2D eigenvalue weighted by Crippen LogP contribution is -2.50. The lowest BCUT2D eigenvalue weighted by atomic mass is 10.5. The highest BCUT2D eigenvalue weighted by Gasteiger charge is 2.34. The summed E-state index contributed by atoms with van der Waals surface area (Å²) >= 11 is 0. The summed E-state index contributed by atoms with van der Waals surface area (Å²) in [7, 11) is 0. The Hall–Kier alpha value is -0.500. The van der Waals surface area contributed by atoms with Crippen LogP contribution in [0.5, 0.6) is 0 Å². The van der Waals surface area contributed by atoms with Gasteiger partial charge in [0.05, 0.1) is 18.1 Å². The second-order valence-electron chi connectivity index (χ2n) is 3.33. The molecular formula is C8H15N2O4+. The van der Waals surface area contributed by atoms with Crippen LogP contribution in [0.4, 0.5) is 0 Å². The van der Waals surface area contributed by atoms with Gasteiger partial charge in [0.1, 0.15) is 25.4 Å². The molecule has 2 N–H and O–H groups in total. The van der Waals surface area contributed by atoms with E-state index in [1.807, 2.05) is 0 Å². The number of rotatable bonds is 7. The molecule has 0 saturated carbocycles. The monoisotopic (exact) mass is 203 g/mol. The van der Waals surface area contributed by atoms with E-state index < -0.39 is 4.92 Å². The molecule has 0 aromatic heterocycles. The molecule has 2 unspecified atom stereocenters. The minimum atomic E-state index is -0.556. The maximum Gasteiger partial charge on any atom is 0.179 e. The van der Waals surface area contributed by atoms with Crippen LogP contribution in [0.1, 0.15) is 0 Å². The Morgan fingerprint density at radius 1 is 1.29 bits per heavy atom. The van der Waals surface area contributed by atoms with Crippen molar-refractivity contribution in [1.29, 1.82) is 0 Å². The van der Waals surface area contributed by atoms with E-state index >= 15 is 0 Å². The molecule has 2 saturated heterocycles. The number of epoxide rings is 2. The third-order valence-corrected chi connectivity index (χ3v) is 1.98. The number of hydrogen-bond acceptors (Lipinski definition) is 5. The van der Waals surface area contributed by atoms with Gasteiger partial charge < -0.3 is 9.47 Å². The summed E-state index contributed by atoms with van der Waals surface area (Å²) in [6.45, 7) is 5.82. The number of nitrogens with two attached hydrogens (primary N) is 1. The van der Waals surface area contributed by atoms with Crippen LogP contribution in [-0.4, -0.2) is 43.6 Å². The fraction of sp³-hybridized carbons (Fsp3) is 0.750. The maximum atomic E-state index is 5.71. The summed E-state index contributed by atoms with van der Waals surface area (Å²) in [5.74, 6) is 5.71. The highest BCUT2D eigenvalue weighted by Crippen LogP contribution is 2.15. The van der Waals surface area contributed by atoms with Crippen LogP contribution in [0.15, 0.2) is 12.8 Å². The van der Waals surface area contributed by atoms with E-state index in [-0.39, 0.29) is 12.2 Å². The third kappa shape index (κ3) is 3.02. The van der Waals surface area contributed by atoms with Crippen LogP contribution in [0, 0.1) is 0 Å². The van der Waals surface area contributed by atoms with Gasteiger partial charge in [0.15, 0.2) is 6.20 Å². The SMILES string of the molecule is C=C[N+](N)(OCC1CO1)OCC1CO1. The summed E-state index contributed by atoms with van der Waals surface area (Å²) in [5.41, 5.74) is 0. The predicted molar refractivity (Wildman–Crippen MR) is 46.0 cm³/mol. The predicted octanol–water partition coefficient (Wildman–Crippen LogP) is -0.519. The molecule has 2 rings (SSSR count). The van der Waals surface area contributed by atoms with Crippen molar-refractivity contribution in [2.24, 2.45) is 5.84 Å². The zero-order chi connectivity index (χ0) is 10.0. The highest BCUT2D eigenvalue weighted by molar-refractivity contribution is 4.67. The van der Waals surface area contributed by atoms with E-state index in [1.165, 1.54) is 6.20 Å². The molecule has 14 heavy (non-hydrogen) atoms. The second kappa shape index (κ2) is 3.93. The Bertz CT molecular complexity index is 199. The Balaban J connectivity index is 1.70. The number of hydrogen-bond donors (Lipinski definition) is 1. The topological polar surface area (TPSA) is 69.5 Å². The minimum Gasteiger partial charge on any atom is -0.370 e. The fourth-order valence-electron chi connectivity index (χ4n) is 0.870. The molecule has 0 amide bonds. The normalized spacial score (nSPS) is 33.5. The number of nitrogens with zero attached hydrogens (tertiary/aromatic N) is 1. The summed E-state index contributed by atoms with van der Waals surface area (Å²) in [5, 5.41) is 0. The first-order valence-corrected chi connectivity index (χ1v) is 4.55. The van der Waals surface area contributed by atoms with Gasteiger partial charge in [0, 0.05) is 0 Å². The molecule has 6 heteroatoms. The molecule has 2 aliphatic rings. The average molecular weight is 203 g/mol. The van der Waals surface area contributed by atoms with Crippen LogP contribution in [0.25, 0.3) is 0 Å². The molecule has 2 fully saturated rings. The van der Waals surface area contributed by atoms with E-state index in [9.17, 15) is 0 Å². The van der Waals surface area contributed by atoms with Crippen molar-refractivity contribution in [3.05, 3.63) is 12.8 Å². The van der Waals surface area contributed by atoms with Gasteiger partial charge in [0.25, 0.3) is 0 Å². The van der Waals surface area contributed by atoms with Crippen molar-refractivity contribution in [1.82, 2.24) is 0 Å². The molecule has 0 spiro atoms. The zero-order valence-corrected chi connectivity index (χ0v) is 7.93. The quantitative estimate of drug-likeness (QED) is 0.261. The van der Waals surface area contributed by atoms with Crippen molar-refractivity contribution in [2.45, 2.75) is 12.2 Å². The van der Waals surface area contributed by atoms with Crippen LogP contribution in [0.3, 0.4) is 0 Å². The zero-order valence-electron chi connectivity index (χ0n) is 7.93. The Labute approximate surface area is 82.2 Å². The molecule has 6 nitrogen and oxygen atoms in total. The maximum absolute atomic E-state index is 5.71. The molecular weight excluding hydrogens is 188 g/mol. The third-order valence-electron chi connectivity index (χ3n) is 1.98. The van der Waals surface area contributed by atoms with Gasteiger partial charge in [0.2, 0.25) is 0 Å². The summed E-state index contributed by atoms with van der Waals surface area (Å²) in [6.07, 6.45) is 1.68. The lowest BCUT2D eigenvalue weighted by molar-refractivity contribution is -1.22. The standard InChI is InChI=1S/C8H15N2O4/c1-2-10(9,13-5-7-3-11-7)14-6-8-4-12-8/h2,7-8H,1,3-6,9H2/q+1. The van der Waals surface area contributed by atoms with Crippen molar-refractivity contribution < 1.29 is 24.1 Å². The van der Waals surface area contributed by atoms with E-state index in [1.54, 1.807) is 0 Å². The summed E-state index contributed by atoms with van der Waals surface area (Å²) < 4.78 is 9.96. The molecule has 0 aromatic rings. The lowest BCUT2D eigenvalue weighted by Gasteiger charge is -2.21. The van der Waals surface area contributed by atoms with E-state index in [0.717, 1.165) is 13.2 Å². The van der Waals surface area contributed by atoms with Gasteiger partial charge in [-0.3, -0.25) is 0 Å². The highest BCUT2D eigenvalue weighted by atomic mass is 17.0. The van der Waals surface area contributed by atoms with Gasteiger partial charge in [-0.25, -0.2) is 0 Å². The smallest absolute Gasteiger partial charge is 0.179 e. The van der Waals surface area contributed by atoms with Crippen LogP contribution in [-0.2, 0) is 19.1 Å². The van der Waals surface area contributed by atoms with Crippen LogP contribution in [0.2, 0.25) is 0 Å². The van der Waals surface area contributed by atoms with Crippen molar-refractivity contribution in [3.63, 3.8) is 0 Å². The molecule has 0 radical (unpaired) electrons. The van der Waals surface area contributed by atoms with Gasteiger partial charge in [-0.05, 0) is 6.58 Å². The molecule has 2 atom stereocenters. The largest absolute Gasteiger partial charge is 0.370 e. The Morgan fingerprint density at radius 2 is 1.71 bits per heavy atom. The second-order valence-corrected chi connectivity index (χ2v) is 3.33. The Kier molecular flexibility index (Phi) is 2.82. The van der Waals surface area contributed by atoms with Gasteiger partial charge in [-0.15, -0.1) is 15.5 Å². The first kappa shape index (κ1) is 10.0. The van der Waals surface area contributed by atoms with Crippen molar-refractivity contribution in [2.75, 3.05) is 26.4 Å². The van der Waals surface area contributed by atoms with E-state index in [0.29, 0.717) is 13.2 Å². The molecule has 0 bridgehead atoms. The first-order valence-electron chi connectivity index (χ1n) is 4.55. The summed E-state index contributed by atoms with van der Waals surface area (Å²) in [6, 6.07) is 0. The van der Waals surface area contributed by atoms with Crippen molar-refractivity contribution >= 4 is 0 Å². The van der Waals surface area contributed by atoms with E-state index in [2.05, 4.69) is 6.58 Å². The average Bonchev–Trinajstić information content (AvgIpc) is 3.05. The van der Waals surface area contributed by atoms with Crippen LogP contribution >= 0.6 is 0 Å². The number of quaternary nitrogens is 1. The molecule has 2 aliphatic heterocycles. The molecule has 0 aliphatic carbocycles. The fourth-order valence-corrected chi connectivity index (χ4v) is 0.870. The van der Waals surface area contributed by atoms with Gasteiger partial charge >= 0.3 is 0 Å². The molecule has 2 heterocycles. The Morgan fingerprint density at radius 3 is 2.00 bits per heavy atom. The summed E-state index contributed by atoms with van der Waals surface area (Å²) in [4.78, 5) is 9.99. The van der Waals surface area contributed by atoms with Gasteiger partial charge in [-0.1, -0.05) is 0 Å². The van der Waals surface area contributed by atoms with Crippen molar-refractivity contribution in [3.8, 4) is 0 Å². The molecule has 80 valence electrons. The molecule has 0 aromatic carbocycles. The van der Waals surface area contributed by atoms with Crippen LogP contribution < -0.4 is 5.84 Å². The number of hydroxylamine groups is 2.